The van der Waals surface area contributed by atoms with Crippen molar-refractivity contribution < 1.29 is 23.8 Å². The molecule has 8 heteroatoms. The van der Waals surface area contributed by atoms with Crippen LogP contribution in [-0.2, 0) is 19.0 Å². The van der Waals surface area contributed by atoms with E-state index in [4.69, 9.17) is 24.2 Å². The average molecular weight is 568 g/mol. The van der Waals surface area contributed by atoms with Crippen LogP contribution in [0.3, 0.4) is 0 Å². The summed E-state index contributed by atoms with van der Waals surface area (Å²) in [5, 5.41) is 0. The summed E-state index contributed by atoms with van der Waals surface area (Å²) in [6, 6.07) is 27.2. The van der Waals surface area contributed by atoms with E-state index in [1.54, 1.807) is 24.3 Å². The van der Waals surface area contributed by atoms with Gasteiger partial charge in [-0.05, 0) is 26.7 Å². The quantitative estimate of drug-likeness (QED) is 0.0694. The van der Waals surface area contributed by atoms with Gasteiger partial charge >= 0.3 is 5.97 Å². The van der Waals surface area contributed by atoms with Crippen molar-refractivity contribution in [2.24, 2.45) is 0 Å². The molecule has 1 unspecified atom stereocenters. The lowest BCUT2D eigenvalue weighted by Gasteiger charge is -2.28. The molecule has 0 amide bonds. The number of ether oxygens (including phenoxy) is 3. The standard InChI is InChI=1S/C34H37N3O5/c1-25(2)37(20-12-13-21-41-24-31(39)42-34(40-3)29-19-11-10-18-28(29)23-38)30-22-35-32(26-14-6-4-7-15-26)33(36-30)27-16-8-5-9-17-27/h4-11,14-19,22-23,25,34H,12-13,20-21,24H2,1-3H3. The Bertz CT molecular complexity index is 1430. The molecule has 3 aromatic carbocycles. The van der Waals surface area contributed by atoms with Crippen molar-refractivity contribution in [3.05, 3.63) is 102 Å². The number of hydrogen-bond donors (Lipinski definition) is 0. The second kappa shape index (κ2) is 15.6. The number of carbonyl (C=O) groups excluding carboxylic acids is 2. The Hall–Kier alpha value is -4.40. The second-order valence-electron chi connectivity index (χ2n) is 10.0. The fourth-order valence-electron chi connectivity index (χ4n) is 4.63. The van der Waals surface area contributed by atoms with Crippen LogP contribution in [0.1, 0.15) is 48.9 Å². The van der Waals surface area contributed by atoms with Crippen LogP contribution in [0, 0.1) is 0 Å². The number of nitrogens with zero attached hydrogens (tertiary/aromatic N) is 3. The molecule has 0 saturated heterocycles. The normalized spacial score (nSPS) is 11.7. The molecule has 0 saturated carbocycles. The van der Waals surface area contributed by atoms with Gasteiger partial charge in [0, 0.05) is 48.6 Å². The highest BCUT2D eigenvalue weighted by Crippen LogP contribution is 2.31. The number of hydrogen-bond acceptors (Lipinski definition) is 8. The molecule has 0 bridgehead atoms. The van der Waals surface area contributed by atoms with Crippen molar-refractivity contribution in [1.82, 2.24) is 9.97 Å². The SMILES string of the molecule is COC(OC(=O)COCCCCN(c1cnc(-c2ccccc2)c(-c2ccccc2)n1)C(C)C)c1ccccc1C=O. The van der Waals surface area contributed by atoms with Crippen molar-refractivity contribution in [2.45, 2.75) is 39.0 Å². The van der Waals surface area contributed by atoms with Gasteiger partial charge in [0.15, 0.2) is 6.29 Å². The molecule has 0 N–H and O–H groups in total. The third kappa shape index (κ3) is 8.09. The average Bonchev–Trinajstić information content (AvgIpc) is 3.03. The van der Waals surface area contributed by atoms with Gasteiger partial charge in [-0.2, -0.15) is 0 Å². The van der Waals surface area contributed by atoms with Crippen LogP contribution in [0.4, 0.5) is 5.82 Å². The van der Waals surface area contributed by atoms with Gasteiger partial charge in [-0.25, -0.2) is 9.78 Å². The highest BCUT2D eigenvalue weighted by Gasteiger charge is 2.20. The first-order valence-corrected chi connectivity index (χ1v) is 14.1. The zero-order chi connectivity index (χ0) is 29.7. The lowest BCUT2D eigenvalue weighted by molar-refractivity contribution is -0.180. The minimum atomic E-state index is -0.975. The van der Waals surface area contributed by atoms with Crippen molar-refractivity contribution in [3.8, 4) is 22.5 Å². The summed E-state index contributed by atoms with van der Waals surface area (Å²) >= 11 is 0. The summed E-state index contributed by atoms with van der Waals surface area (Å²) in [4.78, 5) is 35.8. The van der Waals surface area contributed by atoms with Crippen molar-refractivity contribution in [2.75, 3.05) is 31.8 Å². The van der Waals surface area contributed by atoms with Crippen LogP contribution in [0.15, 0.2) is 91.1 Å². The summed E-state index contributed by atoms with van der Waals surface area (Å²) < 4.78 is 16.2. The molecule has 8 nitrogen and oxygen atoms in total. The summed E-state index contributed by atoms with van der Waals surface area (Å²) in [5.74, 6) is 0.253. The van der Waals surface area contributed by atoms with Gasteiger partial charge in [-0.3, -0.25) is 9.78 Å². The number of anilines is 1. The Kier molecular flexibility index (Phi) is 11.3. The molecule has 0 fully saturated rings. The Morgan fingerprint density at radius 3 is 2.17 bits per heavy atom. The summed E-state index contributed by atoms with van der Waals surface area (Å²) in [5.41, 5.74) is 4.62. The fraction of sp³-hybridized carbons (Fsp3) is 0.294. The Morgan fingerprint density at radius 1 is 0.881 bits per heavy atom. The second-order valence-corrected chi connectivity index (χ2v) is 10.0. The molecule has 0 aliphatic carbocycles. The molecular formula is C34H37N3O5. The molecule has 218 valence electrons. The minimum absolute atomic E-state index is 0.204. The van der Waals surface area contributed by atoms with E-state index in [0.717, 1.165) is 47.7 Å². The topological polar surface area (TPSA) is 90.8 Å². The number of carbonyl (C=O) groups is 2. The highest BCUT2D eigenvalue weighted by atomic mass is 16.7. The van der Waals surface area contributed by atoms with Gasteiger partial charge in [-0.1, -0.05) is 84.9 Å². The van der Waals surface area contributed by atoms with E-state index in [9.17, 15) is 9.59 Å². The van der Waals surface area contributed by atoms with E-state index < -0.39 is 12.3 Å². The van der Waals surface area contributed by atoms with Gasteiger partial charge in [0.25, 0.3) is 0 Å². The van der Waals surface area contributed by atoms with E-state index in [1.807, 2.05) is 54.7 Å². The van der Waals surface area contributed by atoms with Crippen LogP contribution in [-0.4, -0.2) is 55.1 Å². The summed E-state index contributed by atoms with van der Waals surface area (Å²) in [6.07, 6.45) is 3.16. The molecule has 0 radical (unpaired) electrons. The monoisotopic (exact) mass is 567 g/mol. The first kappa shape index (κ1) is 30.6. The number of aromatic nitrogens is 2. The van der Waals surface area contributed by atoms with Gasteiger partial charge < -0.3 is 19.1 Å². The molecule has 0 spiro atoms. The van der Waals surface area contributed by atoms with Crippen LogP contribution < -0.4 is 4.90 Å². The Balaban J connectivity index is 1.33. The molecule has 0 aliphatic heterocycles. The molecular weight excluding hydrogens is 530 g/mol. The Labute approximate surface area is 247 Å². The smallest absolute Gasteiger partial charge is 0.334 e. The van der Waals surface area contributed by atoms with Crippen molar-refractivity contribution >= 4 is 18.1 Å². The maximum Gasteiger partial charge on any atom is 0.334 e. The lowest BCUT2D eigenvalue weighted by Crippen LogP contribution is -2.33. The molecule has 1 heterocycles. The first-order valence-electron chi connectivity index (χ1n) is 14.1. The minimum Gasteiger partial charge on any atom is -0.430 e. The van der Waals surface area contributed by atoms with Crippen LogP contribution in [0.5, 0.6) is 0 Å². The van der Waals surface area contributed by atoms with E-state index in [0.29, 0.717) is 24.0 Å². The van der Waals surface area contributed by atoms with Gasteiger partial charge in [0.1, 0.15) is 12.4 Å². The predicted molar refractivity (Wildman–Crippen MR) is 163 cm³/mol. The number of aldehydes is 1. The van der Waals surface area contributed by atoms with Gasteiger partial charge in [0.2, 0.25) is 6.29 Å². The Morgan fingerprint density at radius 2 is 1.52 bits per heavy atom. The van der Waals surface area contributed by atoms with E-state index in [2.05, 4.69) is 30.9 Å². The maximum atomic E-state index is 12.3. The van der Waals surface area contributed by atoms with Crippen LogP contribution in [0.25, 0.3) is 22.5 Å². The predicted octanol–water partition coefficient (Wildman–Crippen LogP) is 6.52. The molecule has 4 rings (SSSR count). The zero-order valence-corrected chi connectivity index (χ0v) is 24.3. The summed E-state index contributed by atoms with van der Waals surface area (Å²) in [6.45, 7) is 5.22. The number of methoxy groups -OCH3 is 1. The lowest BCUT2D eigenvalue weighted by atomic mass is 10.0. The van der Waals surface area contributed by atoms with Crippen LogP contribution in [0.2, 0.25) is 0 Å². The van der Waals surface area contributed by atoms with Crippen molar-refractivity contribution in [1.29, 1.82) is 0 Å². The number of esters is 1. The third-order valence-corrected chi connectivity index (χ3v) is 6.76. The van der Waals surface area contributed by atoms with Gasteiger partial charge in [-0.15, -0.1) is 0 Å². The van der Waals surface area contributed by atoms with E-state index in [-0.39, 0.29) is 12.6 Å². The molecule has 42 heavy (non-hydrogen) atoms. The van der Waals surface area contributed by atoms with E-state index >= 15 is 0 Å². The van der Waals surface area contributed by atoms with Crippen molar-refractivity contribution in [3.63, 3.8) is 0 Å². The molecule has 4 aromatic rings. The first-order chi connectivity index (χ1) is 20.5. The maximum absolute atomic E-state index is 12.3. The number of unbranched alkanes of at least 4 members (excludes halogenated alkanes) is 1. The molecule has 1 aromatic heterocycles. The van der Waals surface area contributed by atoms with Crippen LogP contribution >= 0.6 is 0 Å². The van der Waals surface area contributed by atoms with Gasteiger partial charge in [0.05, 0.1) is 17.6 Å². The zero-order valence-electron chi connectivity index (χ0n) is 24.3. The largest absolute Gasteiger partial charge is 0.430 e. The number of rotatable bonds is 15. The summed E-state index contributed by atoms with van der Waals surface area (Å²) in [7, 11) is 1.42. The molecule has 1 atom stereocenters. The molecule has 0 aliphatic rings. The highest BCUT2D eigenvalue weighted by molar-refractivity contribution is 5.79. The third-order valence-electron chi connectivity index (χ3n) is 6.76. The van der Waals surface area contributed by atoms with E-state index in [1.165, 1.54) is 7.11 Å². The fourth-order valence-corrected chi connectivity index (χ4v) is 4.63. The number of benzene rings is 3.